The van der Waals surface area contributed by atoms with Crippen LogP contribution < -0.4 is 5.32 Å². The zero-order valence-electron chi connectivity index (χ0n) is 10.4. The molecular weight excluding hydrogens is 198 g/mol. The lowest BCUT2D eigenvalue weighted by Gasteiger charge is -2.16. The van der Waals surface area contributed by atoms with Crippen molar-refractivity contribution in [2.45, 2.75) is 33.7 Å². The molecule has 0 unspecified atom stereocenters. The molecule has 16 heavy (non-hydrogen) atoms. The molecule has 0 aliphatic carbocycles. The molecule has 0 heterocycles. The van der Waals surface area contributed by atoms with Crippen molar-refractivity contribution in [1.82, 2.24) is 5.32 Å². The number of benzene rings is 1. The topological polar surface area (TPSA) is 29.1 Å². The second-order valence-electron chi connectivity index (χ2n) is 4.09. The Hall–Kier alpha value is -1.57. The molecule has 0 saturated heterocycles. The molecule has 1 amide bonds. The number of aryl methyl sites for hydroxylation is 2. The van der Waals surface area contributed by atoms with E-state index in [0.29, 0.717) is 0 Å². The molecule has 0 aliphatic heterocycles. The predicted octanol–water partition coefficient (Wildman–Crippen LogP) is 3.06. The first-order chi connectivity index (χ1) is 7.54. The lowest BCUT2D eigenvalue weighted by atomic mass is 10.00. The van der Waals surface area contributed by atoms with E-state index in [1.165, 1.54) is 16.7 Å². The molecule has 0 aromatic heterocycles. The van der Waals surface area contributed by atoms with Gasteiger partial charge < -0.3 is 5.32 Å². The maximum atomic E-state index is 11.4. The van der Waals surface area contributed by atoms with E-state index >= 15 is 0 Å². The van der Waals surface area contributed by atoms with Crippen molar-refractivity contribution < 1.29 is 4.79 Å². The molecule has 0 fully saturated rings. The van der Waals surface area contributed by atoms with Crippen LogP contribution in [0.5, 0.6) is 0 Å². The van der Waals surface area contributed by atoms with Crippen molar-refractivity contribution in [3.8, 4) is 0 Å². The summed E-state index contributed by atoms with van der Waals surface area (Å²) in [6, 6.07) is 6.33. The minimum Gasteiger partial charge on any atom is -0.346 e. The largest absolute Gasteiger partial charge is 0.346 e. The normalized spacial score (nSPS) is 12.8. The number of carbonyl (C=O) groups excluding carboxylic acids is 1. The minimum atomic E-state index is -0.0455. The van der Waals surface area contributed by atoms with Gasteiger partial charge >= 0.3 is 0 Å². The van der Waals surface area contributed by atoms with Gasteiger partial charge in [0.2, 0.25) is 5.91 Å². The average Bonchev–Trinajstić information content (AvgIpc) is 2.21. The van der Waals surface area contributed by atoms with Crippen molar-refractivity contribution in [2.75, 3.05) is 0 Å². The Morgan fingerprint density at radius 2 is 2.06 bits per heavy atom. The van der Waals surface area contributed by atoms with E-state index in [4.69, 9.17) is 0 Å². The zero-order valence-corrected chi connectivity index (χ0v) is 10.4. The molecule has 1 aromatic carbocycles. The Balaban J connectivity index is 2.83. The number of nitrogens with one attached hydrogen (secondary N) is 1. The van der Waals surface area contributed by atoms with E-state index < -0.39 is 0 Å². The molecule has 0 aliphatic rings. The lowest BCUT2D eigenvalue weighted by Crippen LogP contribution is -2.25. The monoisotopic (exact) mass is 217 g/mol. The summed E-state index contributed by atoms with van der Waals surface area (Å²) < 4.78 is 0. The maximum absolute atomic E-state index is 11.4. The third-order valence-electron chi connectivity index (χ3n) is 2.58. The zero-order chi connectivity index (χ0) is 12.1. The van der Waals surface area contributed by atoms with Crippen LogP contribution in [-0.4, -0.2) is 5.91 Å². The van der Waals surface area contributed by atoms with Gasteiger partial charge in [0, 0.05) is 0 Å². The quantitative estimate of drug-likeness (QED) is 0.775. The summed E-state index contributed by atoms with van der Waals surface area (Å²) in [5.41, 5.74) is 3.60. The van der Waals surface area contributed by atoms with E-state index in [9.17, 15) is 4.79 Å². The van der Waals surface area contributed by atoms with Crippen LogP contribution >= 0.6 is 0 Å². The summed E-state index contributed by atoms with van der Waals surface area (Å²) in [7, 11) is 0. The van der Waals surface area contributed by atoms with Gasteiger partial charge in [-0.05, 0) is 44.9 Å². The molecule has 2 heteroatoms. The number of allylic oxidation sites excluding steroid dienone is 1. The fourth-order valence-corrected chi connectivity index (χ4v) is 1.72. The summed E-state index contributed by atoms with van der Waals surface area (Å²) in [6.45, 7) is 7.96. The highest BCUT2D eigenvalue weighted by Gasteiger charge is 2.09. The Morgan fingerprint density at radius 3 is 2.69 bits per heavy atom. The van der Waals surface area contributed by atoms with Crippen LogP contribution in [0, 0.1) is 13.8 Å². The third kappa shape index (κ3) is 3.23. The van der Waals surface area contributed by atoms with Crippen LogP contribution in [0.4, 0.5) is 0 Å². The van der Waals surface area contributed by atoms with Gasteiger partial charge in [-0.3, -0.25) is 4.79 Å². The number of rotatable bonds is 3. The van der Waals surface area contributed by atoms with Gasteiger partial charge in [-0.15, -0.1) is 0 Å². The summed E-state index contributed by atoms with van der Waals surface area (Å²) in [5, 5.41) is 2.94. The highest BCUT2D eigenvalue weighted by atomic mass is 16.1. The fraction of sp³-hybridized carbons (Fsp3) is 0.357. The molecule has 86 valence electrons. The third-order valence-corrected chi connectivity index (χ3v) is 2.58. The predicted molar refractivity (Wildman–Crippen MR) is 67.3 cm³/mol. The molecule has 1 N–H and O–H groups in total. The van der Waals surface area contributed by atoms with Crippen LogP contribution in [0.15, 0.2) is 30.4 Å². The van der Waals surface area contributed by atoms with Crippen molar-refractivity contribution >= 4 is 5.91 Å². The van der Waals surface area contributed by atoms with Gasteiger partial charge in [0.05, 0.1) is 6.04 Å². The molecule has 0 spiro atoms. The maximum Gasteiger partial charge on any atom is 0.244 e. The highest BCUT2D eigenvalue weighted by Crippen LogP contribution is 2.18. The van der Waals surface area contributed by atoms with Crippen molar-refractivity contribution in [1.29, 1.82) is 0 Å². The van der Waals surface area contributed by atoms with Crippen LogP contribution in [0.1, 0.15) is 36.6 Å². The molecule has 0 saturated carbocycles. The van der Waals surface area contributed by atoms with Crippen molar-refractivity contribution in [3.05, 3.63) is 47.0 Å². The van der Waals surface area contributed by atoms with Gasteiger partial charge in [-0.25, -0.2) is 0 Å². The Bertz CT molecular complexity index is 407. The molecule has 1 atom stereocenters. The minimum absolute atomic E-state index is 0.0450. The second-order valence-corrected chi connectivity index (χ2v) is 4.09. The average molecular weight is 217 g/mol. The fourth-order valence-electron chi connectivity index (χ4n) is 1.72. The van der Waals surface area contributed by atoms with Gasteiger partial charge in [0.25, 0.3) is 0 Å². The van der Waals surface area contributed by atoms with Crippen molar-refractivity contribution in [3.63, 3.8) is 0 Å². The Labute approximate surface area is 97.4 Å². The molecule has 1 aromatic rings. The van der Waals surface area contributed by atoms with Crippen LogP contribution in [0.2, 0.25) is 0 Å². The van der Waals surface area contributed by atoms with E-state index in [-0.39, 0.29) is 11.9 Å². The highest BCUT2D eigenvalue weighted by molar-refractivity contribution is 5.87. The van der Waals surface area contributed by atoms with E-state index in [1.54, 1.807) is 12.2 Å². The molecular formula is C14H19NO. The molecule has 2 nitrogen and oxygen atoms in total. The summed E-state index contributed by atoms with van der Waals surface area (Å²) >= 11 is 0. The Kier molecular flexibility index (Phi) is 4.29. The molecule has 0 bridgehead atoms. The van der Waals surface area contributed by atoms with Crippen LogP contribution in [0.3, 0.4) is 0 Å². The van der Waals surface area contributed by atoms with E-state index in [1.807, 2.05) is 13.8 Å². The first kappa shape index (κ1) is 12.5. The lowest BCUT2D eigenvalue weighted by molar-refractivity contribution is -0.117. The Morgan fingerprint density at radius 1 is 1.38 bits per heavy atom. The number of carbonyl (C=O) groups is 1. The smallest absolute Gasteiger partial charge is 0.244 e. The number of hydrogen-bond acceptors (Lipinski definition) is 1. The first-order valence-electron chi connectivity index (χ1n) is 5.55. The second kappa shape index (κ2) is 5.50. The number of hydrogen-bond donors (Lipinski definition) is 1. The summed E-state index contributed by atoms with van der Waals surface area (Å²) in [6.07, 6.45) is 3.28. The van der Waals surface area contributed by atoms with Crippen molar-refractivity contribution in [2.24, 2.45) is 0 Å². The van der Waals surface area contributed by atoms with Gasteiger partial charge in [-0.1, -0.05) is 29.8 Å². The standard InChI is InChI=1S/C14H19NO/c1-5-6-14(16)15-12(4)13-9-10(2)7-8-11(13)3/h5-9,12H,1-4H3,(H,15,16)/b6-5+/t12-/m0/s1. The SMILES string of the molecule is C/C=C/C(=O)N[C@@H](C)c1cc(C)ccc1C. The molecule has 0 radical (unpaired) electrons. The van der Waals surface area contributed by atoms with Gasteiger partial charge in [-0.2, -0.15) is 0 Å². The number of amides is 1. The summed E-state index contributed by atoms with van der Waals surface area (Å²) in [4.78, 5) is 11.4. The van der Waals surface area contributed by atoms with Gasteiger partial charge in [0.1, 0.15) is 0 Å². The van der Waals surface area contributed by atoms with E-state index in [2.05, 4.69) is 37.4 Å². The van der Waals surface area contributed by atoms with E-state index in [0.717, 1.165) is 0 Å². The first-order valence-corrected chi connectivity index (χ1v) is 5.55. The molecule has 1 rings (SSSR count). The van der Waals surface area contributed by atoms with Crippen LogP contribution in [0.25, 0.3) is 0 Å². The van der Waals surface area contributed by atoms with Crippen LogP contribution in [-0.2, 0) is 4.79 Å². The van der Waals surface area contributed by atoms with Gasteiger partial charge in [0.15, 0.2) is 0 Å². The summed E-state index contributed by atoms with van der Waals surface area (Å²) in [5.74, 6) is -0.0455.